The number of carbonyl (C=O) groups is 3. The molecule has 2 amide bonds. The molecule has 1 rings (SSSR count). The molecule has 0 unspecified atom stereocenters. The number of amides is 2. The second-order valence-corrected chi connectivity index (χ2v) is 9.60. The number of alkyl carbamates (subject to hydrolysis) is 1. The van der Waals surface area contributed by atoms with E-state index in [2.05, 4.69) is 10.6 Å². The standard InChI is InChI=1S/C21H32N2O8S/c1-17(24)22-11-7-15-32(27,28)31-16-21(2,3)10-12-23-20(26)30-14-13-29-19(25)18-8-5-4-6-9-18/h4-6,8-9H,7,10-16H2,1-3H3,(H,22,24)(H,23,26). The van der Waals surface area contributed by atoms with E-state index in [-0.39, 0.29) is 51.0 Å². The van der Waals surface area contributed by atoms with Crippen LogP contribution in [0.25, 0.3) is 0 Å². The number of hydrogen-bond donors (Lipinski definition) is 2. The number of rotatable bonds is 14. The van der Waals surface area contributed by atoms with Gasteiger partial charge in [-0.25, -0.2) is 9.59 Å². The molecule has 1 aromatic rings. The normalized spacial score (nSPS) is 11.5. The number of ether oxygens (including phenoxy) is 2. The Morgan fingerprint density at radius 2 is 1.62 bits per heavy atom. The first kappa shape index (κ1) is 27.4. The Morgan fingerprint density at radius 1 is 0.969 bits per heavy atom. The molecule has 0 atom stereocenters. The average Bonchev–Trinajstić information content (AvgIpc) is 2.73. The van der Waals surface area contributed by atoms with Crippen LogP contribution in [-0.4, -0.2) is 65.1 Å². The first-order chi connectivity index (χ1) is 15.0. The Hall–Kier alpha value is -2.66. The van der Waals surface area contributed by atoms with E-state index in [0.29, 0.717) is 12.0 Å². The van der Waals surface area contributed by atoms with E-state index >= 15 is 0 Å². The van der Waals surface area contributed by atoms with Gasteiger partial charge in [0.05, 0.1) is 17.9 Å². The predicted octanol–water partition coefficient (Wildman–Crippen LogP) is 1.86. The van der Waals surface area contributed by atoms with Gasteiger partial charge in [0.1, 0.15) is 13.2 Å². The minimum atomic E-state index is -3.70. The van der Waals surface area contributed by atoms with E-state index in [1.165, 1.54) is 6.92 Å². The fourth-order valence-corrected chi connectivity index (χ4v) is 3.49. The lowest BCUT2D eigenvalue weighted by Gasteiger charge is -2.24. The molecule has 180 valence electrons. The van der Waals surface area contributed by atoms with Gasteiger partial charge in [0.25, 0.3) is 10.1 Å². The molecule has 0 bridgehead atoms. The van der Waals surface area contributed by atoms with Crippen molar-refractivity contribution in [2.75, 3.05) is 38.7 Å². The van der Waals surface area contributed by atoms with Crippen molar-refractivity contribution in [1.29, 1.82) is 0 Å². The van der Waals surface area contributed by atoms with Gasteiger partial charge in [0.15, 0.2) is 0 Å². The zero-order valence-corrected chi connectivity index (χ0v) is 19.5. The molecule has 32 heavy (non-hydrogen) atoms. The molecule has 0 radical (unpaired) electrons. The summed E-state index contributed by atoms with van der Waals surface area (Å²) in [6, 6.07) is 8.47. The summed E-state index contributed by atoms with van der Waals surface area (Å²) in [5.41, 5.74) is -0.0976. The van der Waals surface area contributed by atoms with Crippen molar-refractivity contribution in [1.82, 2.24) is 10.6 Å². The van der Waals surface area contributed by atoms with Crippen LogP contribution in [-0.2, 0) is 28.6 Å². The highest BCUT2D eigenvalue weighted by atomic mass is 32.2. The third kappa shape index (κ3) is 12.9. The topological polar surface area (TPSA) is 137 Å². The van der Waals surface area contributed by atoms with Crippen LogP contribution >= 0.6 is 0 Å². The fraction of sp³-hybridized carbons (Fsp3) is 0.571. The molecule has 0 saturated carbocycles. The number of nitrogens with one attached hydrogen (secondary N) is 2. The highest BCUT2D eigenvalue weighted by Gasteiger charge is 2.22. The average molecular weight is 473 g/mol. The third-order valence-corrected chi connectivity index (χ3v) is 5.47. The van der Waals surface area contributed by atoms with E-state index in [9.17, 15) is 22.8 Å². The molecule has 0 aliphatic rings. The van der Waals surface area contributed by atoms with Crippen molar-refractivity contribution in [3.05, 3.63) is 35.9 Å². The Kier molecular flexibility index (Phi) is 11.7. The molecule has 11 heteroatoms. The summed E-state index contributed by atoms with van der Waals surface area (Å²) >= 11 is 0. The fourth-order valence-electron chi connectivity index (χ4n) is 2.37. The number of carbonyl (C=O) groups excluding carboxylic acids is 3. The minimum Gasteiger partial charge on any atom is -0.458 e. The first-order valence-corrected chi connectivity index (χ1v) is 11.8. The van der Waals surface area contributed by atoms with E-state index in [4.69, 9.17) is 13.7 Å². The maximum absolute atomic E-state index is 11.9. The van der Waals surface area contributed by atoms with Crippen LogP contribution in [0.3, 0.4) is 0 Å². The molecule has 0 heterocycles. The van der Waals surface area contributed by atoms with Crippen LogP contribution in [0.5, 0.6) is 0 Å². The number of benzene rings is 1. The quantitative estimate of drug-likeness (QED) is 0.238. The second kappa shape index (κ2) is 13.7. The summed E-state index contributed by atoms with van der Waals surface area (Å²) in [6.45, 7) is 5.31. The van der Waals surface area contributed by atoms with Crippen LogP contribution in [0, 0.1) is 5.41 Å². The van der Waals surface area contributed by atoms with Crippen molar-refractivity contribution >= 4 is 28.1 Å². The summed E-state index contributed by atoms with van der Waals surface area (Å²) in [6.07, 6.45) is 0.0474. The largest absolute Gasteiger partial charge is 0.458 e. The first-order valence-electron chi connectivity index (χ1n) is 10.3. The molecule has 0 saturated heterocycles. The van der Waals surface area contributed by atoms with Crippen molar-refractivity contribution in [3.63, 3.8) is 0 Å². The van der Waals surface area contributed by atoms with Crippen LogP contribution < -0.4 is 10.6 Å². The van der Waals surface area contributed by atoms with Crippen molar-refractivity contribution in [2.45, 2.75) is 33.6 Å². The van der Waals surface area contributed by atoms with Gasteiger partial charge in [0.2, 0.25) is 5.91 Å². The molecule has 0 aliphatic carbocycles. The minimum absolute atomic E-state index is 0.0400. The summed E-state index contributed by atoms with van der Waals surface area (Å²) in [7, 11) is -3.70. The van der Waals surface area contributed by atoms with E-state index < -0.39 is 27.6 Å². The maximum Gasteiger partial charge on any atom is 0.407 e. The van der Waals surface area contributed by atoms with Gasteiger partial charge in [-0.1, -0.05) is 32.0 Å². The highest BCUT2D eigenvalue weighted by molar-refractivity contribution is 7.86. The van der Waals surface area contributed by atoms with Crippen molar-refractivity contribution < 1.29 is 36.5 Å². The Bertz CT molecular complexity index is 841. The Balaban J connectivity index is 2.18. The van der Waals surface area contributed by atoms with Crippen LogP contribution in [0.15, 0.2) is 30.3 Å². The summed E-state index contributed by atoms with van der Waals surface area (Å²) < 4.78 is 38.9. The van der Waals surface area contributed by atoms with Crippen molar-refractivity contribution in [3.8, 4) is 0 Å². The predicted molar refractivity (Wildman–Crippen MR) is 118 cm³/mol. The van der Waals surface area contributed by atoms with Gasteiger partial charge in [-0.2, -0.15) is 8.42 Å². The van der Waals surface area contributed by atoms with E-state index in [1.54, 1.807) is 30.3 Å². The molecule has 2 N–H and O–H groups in total. The molecular formula is C21H32N2O8S. The van der Waals surface area contributed by atoms with Gasteiger partial charge in [-0.3, -0.25) is 8.98 Å². The Labute approximate surface area is 189 Å². The molecule has 10 nitrogen and oxygen atoms in total. The van der Waals surface area contributed by atoms with Gasteiger partial charge >= 0.3 is 12.1 Å². The zero-order valence-electron chi connectivity index (χ0n) is 18.7. The van der Waals surface area contributed by atoms with Crippen LogP contribution in [0.4, 0.5) is 4.79 Å². The lowest BCUT2D eigenvalue weighted by Crippen LogP contribution is -2.32. The molecular weight excluding hydrogens is 440 g/mol. The smallest absolute Gasteiger partial charge is 0.407 e. The second-order valence-electron chi connectivity index (χ2n) is 7.84. The molecule has 0 spiro atoms. The van der Waals surface area contributed by atoms with Gasteiger partial charge < -0.3 is 20.1 Å². The van der Waals surface area contributed by atoms with Crippen LogP contribution in [0.1, 0.15) is 44.0 Å². The van der Waals surface area contributed by atoms with E-state index in [0.717, 1.165) is 0 Å². The SMILES string of the molecule is CC(=O)NCCCS(=O)(=O)OCC(C)(C)CCNC(=O)OCCOC(=O)c1ccccc1. The third-order valence-electron chi connectivity index (χ3n) is 4.20. The molecule has 1 aromatic carbocycles. The van der Waals surface area contributed by atoms with Gasteiger partial charge in [0, 0.05) is 20.0 Å². The monoisotopic (exact) mass is 472 g/mol. The number of esters is 1. The lowest BCUT2D eigenvalue weighted by atomic mass is 9.91. The summed E-state index contributed by atoms with van der Waals surface area (Å²) in [4.78, 5) is 34.3. The molecule has 0 aliphatic heterocycles. The summed E-state index contributed by atoms with van der Waals surface area (Å²) in [5, 5.41) is 5.09. The van der Waals surface area contributed by atoms with E-state index in [1.807, 2.05) is 13.8 Å². The number of hydrogen-bond acceptors (Lipinski definition) is 8. The highest BCUT2D eigenvalue weighted by Crippen LogP contribution is 2.21. The van der Waals surface area contributed by atoms with Crippen LogP contribution in [0.2, 0.25) is 0 Å². The maximum atomic E-state index is 11.9. The van der Waals surface area contributed by atoms with Gasteiger partial charge in [-0.05, 0) is 30.4 Å². The van der Waals surface area contributed by atoms with Crippen molar-refractivity contribution in [2.24, 2.45) is 5.41 Å². The van der Waals surface area contributed by atoms with Gasteiger partial charge in [-0.15, -0.1) is 0 Å². The molecule has 0 fully saturated rings. The lowest BCUT2D eigenvalue weighted by molar-refractivity contribution is -0.118. The zero-order chi connectivity index (χ0) is 24.0. The molecule has 0 aromatic heterocycles. The summed E-state index contributed by atoms with van der Waals surface area (Å²) in [5.74, 6) is -0.909. The Morgan fingerprint density at radius 3 is 2.28 bits per heavy atom.